The van der Waals surface area contributed by atoms with E-state index < -0.39 is 0 Å². The van der Waals surface area contributed by atoms with Gasteiger partial charge in [0.15, 0.2) is 5.78 Å². The van der Waals surface area contributed by atoms with Gasteiger partial charge in [-0.2, -0.15) is 0 Å². The molecule has 0 spiro atoms. The van der Waals surface area contributed by atoms with Crippen LogP contribution in [0, 0.1) is 22.5 Å². The second-order valence-corrected chi connectivity index (χ2v) is 9.44. The zero-order valence-corrected chi connectivity index (χ0v) is 17.9. The number of Topliss-reactive ketones (excluding diaryl/α,β-unsaturated/α-hetero) is 1. The molecule has 1 atom stereocenters. The predicted molar refractivity (Wildman–Crippen MR) is 122 cm³/mol. The quantitative estimate of drug-likeness (QED) is 0.398. The summed E-state index contributed by atoms with van der Waals surface area (Å²) in [5, 5.41) is 17.4. The summed E-state index contributed by atoms with van der Waals surface area (Å²) < 4.78 is 0. The van der Waals surface area contributed by atoms with Gasteiger partial charge in [0.05, 0.1) is 4.92 Å². The lowest BCUT2D eigenvalue weighted by Gasteiger charge is -2.40. The van der Waals surface area contributed by atoms with Crippen molar-refractivity contribution in [1.82, 2.24) is 0 Å². The van der Waals surface area contributed by atoms with Crippen LogP contribution >= 0.6 is 0 Å². The Morgan fingerprint density at radius 2 is 1.84 bits per heavy atom. The fourth-order valence-corrected chi connectivity index (χ4v) is 5.14. The number of nitro groups is 1. The highest BCUT2D eigenvalue weighted by Gasteiger charge is 2.41. The number of hydrogen-bond acceptors (Lipinski definition) is 4. The van der Waals surface area contributed by atoms with Crippen molar-refractivity contribution in [3.05, 3.63) is 92.7 Å². The SMILES string of the molecule is Cc1ccc([C@H]2C3=C(CC(C)(C)CC3=O)Nc3ccc4ccccc4c32)cc1[N+](=O)[O-]. The maximum atomic E-state index is 13.4. The first-order valence-corrected chi connectivity index (χ1v) is 10.5. The first-order chi connectivity index (χ1) is 14.7. The lowest BCUT2D eigenvalue weighted by Crippen LogP contribution is -2.33. The van der Waals surface area contributed by atoms with Crippen LogP contribution < -0.4 is 5.32 Å². The van der Waals surface area contributed by atoms with Gasteiger partial charge in [-0.1, -0.05) is 56.3 Å². The molecule has 0 fully saturated rings. The molecular formula is C26H24N2O3. The summed E-state index contributed by atoms with van der Waals surface area (Å²) in [7, 11) is 0. The minimum absolute atomic E-state index is 0.0866. The van der Waals surface area contributed by atoms with Gasteiger partial charge in [-0.25, -0.2) is 0 Å². The van der Waals surface area contributed by atoms with E-state index in [9.17, 15) is 14.9 Å². The first kappa shape index (κ1) is 19.5. The second-order valence-electron chi connectivity index (χ2n) is 9.44. The van der Waals surface area contributed by atoms with Gasteiger partial charge >= 0.3 is 0 Å². The Hall–Kier alpha value is -3.47. The lowest BCUT2D eigenvalue weighted by molar-refractivity contribution is -0.385. The molecule has 1 heterocycles. The number of carbonyl (C=O) groups is 1. The van der Waals surface area contributed by atoms with Crippen LogP contribution in [0.2, 0.25) is 0 Å². The predicted octanol–water partition coefficient (Wildman–Crippen LogP) is 6.26. The number of nitrogens with zero attached hydrogens (tertiary/aromatic N) is 1. The standard InChI is InChI=1S/C26H24N2O3/c1-15-8-9-17(12-21(15)28(30)31)23-24-18-7-5-4-6-16(18)10-11-19(24)27-20-13-26(2,3)14-22(29)25(20)23/h4-12,23,27H,13-14H2,1-3H3/t23-/m1/s1. The summed E-state index contributed by atoms with van der Waals surface area (Å²) in [6.45, 7) is 5.96. The molecular weight excluding hydrogens is 388 g/mol. The number of hydrogen-bond donors (Lipinski definition) is 1. The maximum absolute atomic E-state index is 13.4. The molecule has 0 unspecified atom stereocenters. The van der Waals surface area contributed by atoms with Crippen LogP contribution in [-0.4, -0.2) is 10.7 Å². The fraction of sp³-hybridized carbons (Fsp3) is 0.269. The van der Waals surface area contributed by atoms with Gasteiger partial charge in [0, 0.05) is 40.9 Å². The Kier molecular flexibility index (Phi) is 4.26. The first-order valence-electron chi connectivity index (χ1n) is 10.5. The van der Waals surface area contributed by atoms with E-state index in [1.807, 2.05) is 18.2 Å². The topological polar surface area (TPSA) is 72.2 Å². The van der Waals surface area contributed by atoms with Gasteiger partial charge in [0.1, 0.15) is 0 Å². The third-order valence-corrected chi connectivity index (χ3v) is 6.52. The second kappa shape index (κ2) is 6.77. The van der Waals surface area contributed by atoms with Crippen LogP contribution in [0.15, 0.2) is 65.9 Å². The number of rotatable bonds is 2. The molecule has 0 radical (unpaired) electrons. The van der Waals surface area contributed by atoms with Gasteiger partial charge < -0.3 is 5.32 Å². The molecule has 1 N–H and O–H groups in total. The minimum atomic E-state index is -0.342. The Balaban J connectivity index is 1.83. The number of nitro benzene ring substituents is 1. The summed E-state index contributed by atoms with van der Waals surface area (Å²) >= 11 is 0. The summed E-state index contributed by atoms with van der Waals surface area (Å²) in [4.78, 5) is 24.7. The molecule has 0 saturated carbocycles. The Morgan fingerprint density at radius 1 is 1.06 bits per heavy atom. The zero-order valence-electron chi connectivity index (χ0n) is 17.9. The molecule has 156 valence electrons. The van der Waals surface area contributed by atoms with E-state index >= 15 is 0 Å². The van der Waals surface area contributed by atoms with Crippen molar-refractivity contribution in [3.63, 3.8) is 0 Å². The largest absolute Gasteiger partial charge is 0.358 e. The maximum Gasteiger partial charge on any atom is 0.272 e. The highest BCUT2D eigenvalue weighted by atomic mass is 16.6. The Bertz CT molecular complexity index is 1300. The molecule has 0 bridgehead atoms. The van der Waals surface area contributed by atoms with Crippen molar-refractivity contribution < 1.29 is 9.72 Å². The smallest absolute Gasteiger partial charge is 0.272 e. The molecule has 5 nitrogen and oxygen atoms in total. The number of carbonyl (C=O) groups excluding carboxylic acids is 1. The Labute approximate surface area is 180 Å². The van der Waals surface area contributed by atoms with Crippen molar-refractivity contribution in [2.45, 2.75) is 39.5 Å². The van der Waals surface area contributed by atoms with E-state index in [0.29, 0.717) is 12.0 Å². The molecule has 3 aromatic rings. The molecule has 3 aromatic carbocycles. The van der Waals surface area contributed by atoms with Crippen LogP contribution in [0.1, 0.15) is 49.3 Å². The number of ketones is 1. The summed E-state index contributed by atoms with van der Waals surface area (Å²) in [6.07, 6.45) is 1.24. The summed E-state index contributed by atoms with van der Waals surface area (Å²) in [5.41, 5.74) is 5.05. The van der Waals surface area contributed by atoms with Crippen molar-refractivity contribution in [3.8, 4) is 0 Å². The van der Waals surface area contributed by atoms with Crippen molar-refractivity contribution >= 4 is 27.9 Å². The third kappa shape index (κ3) is 3.12. The summed E-state index contributed by atoms with van der Waals surface area (Å²) in [6, 6.07) is 17.6. The van der Waals surface area contributed by atoms with Crippen LogP contribution in [-0.2, 0) is 4.79 Å². The highest BCUT2D eigenvalue weighted by molar-refractivity contribution is 6.04. The van der Waals surface area contributed by atoms with Crippen LogP contribution in [0.3, 0.4) is 0 Å². The molecule has 1 aliphatic heterocycles. The molecule has 31 heavy (non-hydrogen) atoms. The highest BCUT2D eigenvalue weighted by Crippen LogP contribution is 2.51. The number of allylic oxidation sites excluding steroid dienone is 2. The van der Waals surface area contributed by atoms with Crippen molar-refractivity contribution in [2.75, 3.05) is 5.32 Å². The van der Waals surface area contributed by atoms with Gasteiger partial charge in [-0.3, -0.25) is 14.9 Å². The number of benzene rings is 3. The number of anilines is 1. The third-order valence-electron chi connectivity index (χ3n) is 6.52. The molecule has 5 rings (SSSR count). The molecule has 0 aromatic heterocycles. The van der Waals surface area contributed by atoms with Gasteiger partial charge in [0.2, 0.25) is 0 Å². The number of fused-ring (bicyclic) bond motifs is 3. The van der Waals surface area contributed by atoms with Gasteiger partial charge in [-0.15, -0.1) is 0 Å². The van der Waals surface area contributed by atoms with Gasteiger partial charge in [0.25, 0.3) is 5.69 Å². The van der Waals surface area contributed by atoms with Crippen LogP contribution in [0.4, 0.5) is 11.4 Å². The average molecular weight is 412 g/mol. The normalized spacial score (nSPS) is 19.6. The Morgan fingerprint density at radius 3 is 2.61 bits per heavy atom. The monoisotopic (exact) mass is 412 g/mol. The van der Waals surface area contributed by atoms with E-state index in [2.05, 4.69) is 43.4 Å². The molecule has 2 aliphatic rings. The zero-order chi connectivity index (χ0) is 21.9. The van der Waals surface area contributed by atoms with E-state index in [1.54, 1.807) is 19.1 Å². The van der Waals surface area contributed by atoms with E-state index in [1.165, 1.54) is 0 Å². The van der Waals surface area contributed by atoms with E-state index in [-0.39, 0.29) is 27.7 Å². The minimum Gasteiger partial charge on any atom is -0.358 e. The number of aryl methyl sites for hydroxylation is 1. The summed E-state index contributed by atoms with van der Waals surface area (Å²) in [5.74, 6) is -0.217. The van der Waals surface area contributed by atoms with E-state index in [4.69, 9.17) is 0 Å². The number of nitrogens with one attached hydrogen (secondary N) is 1. The molecule has 5 heteroatoms. The van der Waals surface area contributed by atoms with E-state index in [0.717, 1.165) is 45.3 Å². The molecule has 1 aliphatic carbocycles. The van der Waals surface area contributed by atoms with Crippen LogP contribution in [0.25, 0.3) is 10.8 Å². The van der Waals surface area contributed by atoms with Gasteiger partial charge in [-0.05, 0) is 46.7 Å². The lowest BCUT2D eigenvalue weighted by atomic mass is 9.68. The van der Waals surface area contributed by atoms with Crippen LogP contribution in [0.5, 0.6) is 0 Å². The van der Waals surface area contributed by atoms with Crippen molar-refractivity contribution in [1.29, 1.82) is 0 Å². The average Bonchev–Trinajstić information content (AvgIpc) is 2.71. The fourth-order valence-electron chi connectivity index (χ4n) is 5.14. The molecule has 0 amide bonds. The van der Waals surface area contributed by atoms with Crippen molar-refractivity contribution in [2.24, 2.45) is 5.41 Å². The molecule has 0 saturated heterocycles.